The van der Waals surface area contributed by atoms with Crippen LogP contribution in [-0.4, -0.2) is 66.9 Å². The fraction of sp³-hybridized carbons (Fsp3) is 0.393. The zero-order valence-electron chi connectivity index (χ0n) is 21.3. The van der Waals surface area contributed by atoms with Crippen molar-refractivity contribution in [3.05, 3.63) is 64.8 Å². The van der Waals surface area contributed by atoms with Crippen LogP contribution in [0, 0.1) is 5.92 Å². The fourth-order valence-corrected chi connectivity index (χ4v) is 5.74. The second kappa shape index (κ2) is 10.2. The van der Waals surface area contributed by atoms with Gasteiger partial charge in [-0.1, -0.05) is 36.7 Å². The van der Waals surface area contributed by atoms with Crippen LogP contribution in [-0.2, 0) is 20.8 Å². The molecule has 9 heteroatoms. The van der Waals surface area contributed by atoms with Crippen LogP contribution in [0.2, 0.25) is 5.02 Å². The van der Waals surface area contributed by atoms with Gasteiger partial charge in [0.05, 0.1) is 6.42 Å². The summed E-state index contributed by atoms with van der Waals surface area (Å²) in [7, 11) is 4.04. The zero-order valence-corrected chi connectivity index (χ0v) is 22.0. The standard InChI is InChI=1S/C28H32ClN5O3/c1-16(21-13-30-22-7-5-4-6-20(21)22)26(32-27(36)23-12-25(35)31-23)28(37)34-15-17(14-33(2)3)10-18-11-19(29)8-9-24(18)34/h4-9,11,13,16-17,23,26,30H,10,12,14-15H2,1-3H3,(H,31,35)(H,32,36)/t16?,17-,23+,26?/m1/s1. The number of para-hydroxylation sites is 1. The van der Waals surface area contributed by atoms with E-state index in [2.05, 4.69) is 20.5 Å². The first-order valence-corrected chi connectivity index (χ1v) is 13.0. The largest absolute Gasteiger partial charge is 0.361 e. The summed E-state index contributed by atoms with van der Waals surface area (Å²) in [5.74, 6) is -0.795. The molecule has 1 saturated heterocycles. The molecule has 0 spiro atoms. The molecular weight excluding hydrogens is 490 g/mol. The van der Waals surface area contributed by atoms with Crippen LogP contribution in [0.1, 0.15) is 30.4 Å². The Bertz CT molecular complexity index is 1340. The number of amides is 3. The molecule has 5 rings (SSSR count). The van der Waals surface area contributed by atoms with Gasteiger partial charge in [-0.3, -0.25) is 14.4 Å². The van der Waals surface area contributed by atoms with Crippen LogP contribution in [0.5, 0.6) is 0 Å². The zero-order chi connectivity index (χ0) is 26.3. The summed E-state index contributed by atoms with van der Waals surface area (Å²) in [6.45, 7) is 3.32. The first kappa shape index (κ1) is 25.3. The van der Waals surface area contributed by atoms with Gasteiger partial charge in [0.1, 0.15) is 12.1 Å². The van der Waals surface area contributed by atoms with Crippen LogP contribution in [0.15, 0.2) is 48.7 Å². The number of aromatic nitrogens is 1. The molecule has 2 aromatic carbocycles. The summed E-state index contributed by atoms with van der Waals surface area (Å²) in [6, 6.07) is 12.1. The second-order valence-electron chi connectivity index (χ2n) is 10.4. The van der Waals surface area contributed by atoms with E-state index < -0.39 is 12.1 Å². The Morgan fingerprint density at radius 2 is 1.95 bits per heavy atom. The topological polar surface area (TPSA) is 97.5 Å². The lowest BCUT2D eigenvalue weighted by Crippen LogP contribution is -2.61. The predicted octanol–water partition coefficient (Wildman–Crippen LogP) is 3.07. The maximum Gasteiger partial charge on any atom is 0.250 e. The van der Waals surface area contributed by atoms with Crippen molar-refractivity contribution in [3.8, 4) is 0 Å². The Labute approximate surface area is 221 Å². The van der Waals surface area contributed by atoms with Crippen molar-refractivity contribution in [2.75, 3.05) is 32.1 Å². The molecule has 0 radical (unpaired) electrons. The molecular formula is C28H32ClN5O3. The lowest BCUT2D eigenvalue weighted by molar-refractivity contribution is -0.138. The van der Waals surface area contributed by atoms with Gasteiger partial charge in [0.15, 0.2) is 0 Å². The van der Waals surface area contributed by atoms with Gasteiger partial charge in [-0.25, -0.2) is 0 Å². The summed E-state index contributed by atoms with van der Waals surface area (Å²) in [4.78, 5) is 46.1. The molecule has 0 bridgehead atoms. The number of hydrogen-bond acceptors (Lipinski definition) is 4. The van der Waals surface area contributed by atoms with Crippen LogP contribution >= 0.6 is 11.6 Å². The molecule has 3 N–H and O–H groups in total. The van der Waals surface area contributed by atoms with Crippen molar-refractivity contribution >= 4 is 45.9 Å². The number of halogens is 1. The quantitative estimate of drug-likeness (QED) is 0.416. The summed E-state index contributed by atoms with van der Waals surface area (Å²) in [5.41, 5.74) is 3.77. The van der Waals surface area contributed by atoms with Gasteiger partial charge in [0.25, 0.3) is 0 Å². The number of carbonyl (C=O) groups excluding carboxylic acids is 3. The normalized spacial score (nSPS) is 20.7. The van der Waals surface area contributed by atoms with Crippen LogP contribution in [0.4, 0.5) is 5.69 Å². The number of H-pyrrole nitrogens is 1. The Kier molecular flexibility index (Phi) is 6.96. The van der Waals surface area contributed by atoms with Gasteiger partial charge in [-0.2, -0.15) is 0 Å². The molecule has 37 heavy (non-hydrogen) atoms. The predicted molar refractivity (Wildman–Crippen MR) is 145 cm³/mol. The van der Waals surface area contributed by atoms with Gasteiger partial charge in [-0.15, -0.1) is 0 Å². The van der Waals surface area contributed by atoms with Gasteiger partial charge >= 0.3 is 0 Å². The summed E-state index contributed by atoms with van der Waals surface area (Å²) < 4.78 is 0. The number of β-lactam (4-membered cyclic amide) rings is 1. The number of rotatable bonds is 7. The van der Waals surface area contributed by atoms with Crippen molar-refractivity contribution in [2.45, 2.75) is 37.8 Å². The van der Waals surface area contributed by atoms with E-state index in [9.17, 15) is 14.4 Å². The first-order chi connectivity index (χ1) is 17.7. The van der Waals surface area contributed by atoms with Crippen molar-refractivity contribution in [2.24, 2.45) is 5.92 Å². The molecule has 2 aliphatic rings. The van der Waals surface area contributed by atoms with Gasteiger partial charge in [0.2, 0.25) is 17.7 Å². The molecule has 2 unspecified atom stereocenters. The van der Waals surface area contributed by atoms with Crippen LogP contribution < -0.4 is 15.5 Å². The fourth-order valence-electron chi connectivity index (χ4n) is 5.55. The van der Waals surface area contributed by atoms with Crippen LogP contribution in [0.3, 0.4) is 0 Å². The molecule has 2 aliphatic heterocycles. The molecule has 8 nitrogen and oxygen atoms in total. The first-order valence-electron chi connectivity index (χ1n) is 12.6. The number of benzene rings is 2. The number of carbonyl (C=O) groups is 3. The molecule has 0 saturated carbocycles. The lowest BCUT2D eigenvalue weighted by Gasteiger charge is -2.39. The monoisotopic (exact) mass is 521 g/mol. The minimum Gasteiger partial charge on any atom is -0.361 e. The average molecular weight is 522 g/mol. The third kappa shape index (κ3) is 5.08. The number of hydrogen-bond donors (Lipinski definition) is 3. The molecule has 3 heterocycles. The summed E-state index contributed by atoms with van der Waals surface area (Å²) in [6.07, 6.45) is 2.86. The molecule has 1 fully saturated rings. The Morgan fingerprint density at radius 1 is 1.19 bits per heavy atom. The van der Waals surface area contributed by atoms with E-state index in [0.717, 1.165) is 40.7 Å². The molecule has 1 aromatic heterocycles. The third-order valence-corrected chi connectivity index (χ3v) is 7.62. The van der Waals surface area contributed by atoms with Gasteiger partial charge in [-0.05, 0) is 61.8 Å². The van der Waals surface area contributed by atoms with E-state index in [1.165, 1.54) is 0 Å². The lowest BCUT2D eigenvalue weighted by atomic mass is 9.88. The van der Waals surface area contributed by atoms with E-state index in [0.29, 0.717) is 11.6 Å². The van der Waals surface area contributed by atoms with Crippen molar-refractivity contribution < 1.29 is 14.4 Å². The molecule has 3 aromatic rings. The number of fused-ring (bicyclic) bond motifs is 2. The van der Waals surface area contributed by atoms with Gasteiger partial charge < -0.3 is 25.4 Å². The third-order valence-electron chi connectivity index (χ3n) is 7.39. The minimum absolute atomic E-state index is 0.129. The van der Waals surface area contributed by atoms with Crippen LogP contribution in [0.25, 0.3) is 10.9 Å². The van der Waals surface area contributed by atoms with E-state index in [-0.39, 0.29) is 36.0 Å². The molecule has 194 valence electrons. The Morgan fingerprint density at radius 3 is 2.68 bits per heavy atom. The molecule has 3 amide bonds. The maximum absolute atomic E-state index is 14.3. The number of aromatic amines is 1. The maximum atomic E-state index is 14.3. The van der Waals surface area contributed by atoms with E-state index in [4.69, 9.17) is 11.6 Å². The highest BCUT2D eigenvalue weighted by atomic mass is 35.5. The number of anilines is 1. The minimum atomic E-state index is -0.828. The van der Waals surface area contributed by atoms with E-state index in [1.54, 1.807) is 11.0 Å². The summed E-state index contributed by atoms with van der Waals surface area (Å²) in [5, 5.41) is 7.25. The van der Waals surface area contributed by atoms with Crippen molar-refractivity contribution in [1.29, 1.82) is 0 Å². The van der Waals surface area contributed by atoms with Crippen molar-refractivity contribution in [3.63, 3.8) is 0 Å². The average Bonchev–Trinajstić information content (AvgIpc) is 3.27. The number of nitrogens with zero attached hydrogens (tertiary/aromatic N) is 2. The summed E-state index contributed by atoms with van der Waals surface area (Å²) >= 11 is 6.32. The smallest absolute Gasteiger partial charge is 0.250 e. The Hall–Kier alpha value is -3.36. The van der Waals surface area contributed by atoms with E-state index in [1.807, 2.05) is 63.6 Å². The second-order valence-corrected chi connectivity index (χ2v) is 10.9. The van der Waals surface area contributed by atoms with Crippen molar-refractivity contribution in [1.82, 2.24) is 20.5 Å². The number of nitrogens with one attached hydrogen (secondary N) is 3. The highest BCUT2D eigenvalue weighted by Crippen LogP contribution is 2.35. The van der Waals surface area contributed by atoms with E-state index >= 15 is 0 Å². The molecule has 0 aliphatic carbocycles. The highest BCUT2D eigenvalue weighted by molar-refractivity contribution is 6.30. The SMILES string of the molecule is CC(c1c[nH]c2ccccc12)C(NC(=O)[C@@H]1CC(=O)N1)C(=O)N1C[C@@H](CN(C)C)Cc2cc(Cl)ccc21. The highest BCUT2D eigenvalue weighted by Gasteiger charge is 2.40. The molecule has 4 atom stereocenters. The Balaban J connectivity index is 1.51. The van der Waals surface area contributed by atoms with Gasteiger partial charge in [0, 0.05) is 46.8 Å².